The lowest BCUT2D eigenvalue weighted by molar-refractivity contribution is -0.139. The van der Waals surface area contributed by atoms with Gasteiger partial charge in [-0.2, -0.15) is 0 Å². The Morgan fingerprint density at radius 3 is 1.88 bits per heavy atom. The summed E-state index contributed by atoms with van der Waals surface area (Å²) in [6, 6.07) is 26.6. The van der Waals surface area contributed by atoms with E-state index in [-0.39, 0.29) is 17.2 Å². The van der Waals surface area contributed by atoms with Crippen molar-refractivity contribution < 1.29 is 38.0 Å². The molecule has 0 aliphatic carbocycles. The van der Waals surface area contributed by atoms with Gasteiger partial charge in [-0.1, -0.05) is 52.3 Å². The summed E-state index contributed by atoms with van der Waals surface area (Å²) in [5.74, 6) is 3.61. The van der Waals surface area contributed by atoms with Gasteiger partial charge in [0.2, 0.25) is 0 Å². The van der Waals surface area contributed by atoms with E-state index in [1.54, 1.807) is 26.4 Å². The molecule has 2 atom stereocenters. The van der Waals surface area contributed by atoms with Crippen LogP contribution in [0.5, 0.6) is 34.5 Å². The van der Waals surface area contributed by atoms with E-state index in [1.807, 2.05) is 72.8 Å². The van der Waals surface area contributed by atoms with Crippen LogP contribution >= 0.6 is 15.9 Å². The summed E-state index contributed by atoms with van der Waals surface area (Å²) in [5, 5.41) is 0. The molecule has 0 aromatic heterocycles. The molecule has 4 aromatic rings. The molecule has 0 radical (unpaired) electrons. The standard InChI is InChI=1S/C33H31BrO8/c1-36-25-10-4-21(5-11-25)19-39-27-15-9-24(18-29(27)40-20-22-6-12-26(37-2)13-7-22)32(34)33-41-28-14-8-23(16-30(28)42-33)17-31(35)38-3/h4-16,18,32-33H,17,19-20H2,1-3H3. The van der Waals surface area contributed by atoms with Gasteiger partial charge in [-0.15, -0.1) is 0 Å². The predicted octanol–water partition coefficient (Wildman–Crippen LogP) is 6.81. The maximum Gasteiger partial charge on any atom is 0.309 e. The maximum absolute atomic E-state index is 11.7. The van der Waals surface area contributed by atoms with Crippen molar-refractivity contribution in [3.05, 3.63) is 107 Å². The minimum Gasteiger partial charge on any atom is -0.497 e. The molecule has 0 bridgehead atoms. The summed E-state index contributed by atoms with van der Waals surface area (Å²) in [6.45, 7) is 0.697. The maximum atomic E-state index is 11.7. The Balaban J connectivity index is 1.32. The second-order valence-electron chi connectivity index (χ2n) is 9.52. The van der Waals surface area contributed by atoms with Crippen LogP contribution in [-0.2, 0) is 29.2 Å². The van der Waals surface area contributed by atoms with E-state index < -0.39 is 6.29 Å². The van der Waals surface area contributed by atoms with Gasteiger partial charge in [-0.3, -0.25) is 4.79 Å². The van der Waals surface area contributed by atoms with Crippen LogP contribution in [0.25, 0.3) is 0 Å². The number of halogens is 1. The molecule has 0 fully saturated rings. The number of benzene rings is 4. The van der Waals surface area contributed by atoms with E-state index in [1.165, 1.54) is 7.11 Å². The molecule has 42 heavy (non-hydrogen) atoms. The van der Waals surface area contributed by atoms with Gasteiger partial charge in [-0.25, -0.2) is 0 Å². The summed E-state index contributed by atoms with van der Waals surface area (Å²) in [6.07, 6.45) is -0.475. The molecule has 0 N–H and O–H groups in total. The second kappa shape index (κ2) is 13.5. The summed E-state index contributed by atoms with van der Waals surface area (Å²) >= 11 is 3.76. The lowest BCUT2D eigenvalue weighted by atomic mass is 10.1. The van der Waals surface area contributed by atoms with Crippen molar-refractivity contribution in [2.75, 3.05) is 21.3 Å². The largest absolute Gasteiger partial charge is 0.497 e. The smallest absolute Gasteiger partial charge is 0.309 e. The molecule has 0 saturated carbocycles. The predicted molar refractivity (Wildman–Crippen MR) is 160 cm³/mol. The topological polar surface area (TPSA) is 81.7 Å². The third-order valence-corrected chi connectivity index (χ3v) is 7.66. The van der Waals surface area contributed by atoms with Crippen molar-refractivity contribution in [2.24, 2.45) is 0 Å². The number of carbonyl (C=O) groups is 1. The molecular formula is C33H31BrO8. The van der Waals surface area contributed by atoms with Crippen molar-refractivity contribution in [1.29, 1.82) is 0 Å². The lowest BCUT2D eigenvalue weighted by Crippen LogP contribution is -2.23. The van der Waals surface area contributed by atoms with Gasteiger partial charge >= 0.3 is 5.97 Å². The average molecular weight is 636 g/mol. The van der Waals surface area contributed by atoms with E-state index in [4.69, 9.17) is 33.2 Å². The number of rotatable bonds is 12. The van der Waals surface area contributed by atoms with E-state index in [2.05, 4.69) is 15.9 Å². The van der Waals surface area contributed by atoms with Gasteiger partial charge < -0.3 is 33.2 Å². The third kappa shape index (κ3) is 7.09. The van der Waals surface area contributed by atoms with Gasteiger partial charge in [-0.05, 0) is 70.8 Å². The molecule has 1 aliphatic heterocycles. The molecule has 2 unspecified atom stereocenters. The number of hydrogen-bond donors (Lipinski definition) is 0. The molecule has 218 valence electrons. The van der Waals surface area contributed by atoms with Crippen LogP contribution < -0.4 is 28.4 Å². The molecule has 8 nitrogen and oxygen atoms in total. The van der Waals surface area contributed by atoms with Crippen molar-refractivity contribution in [3.63, 3.8) is 0 Å². The van der Waals surface area contributed by atoms with Crippen LogP contribution in [0.15, 0.2) is 84.9 Å². The fourth-order valence-corrected chi connectivity index (χ4v) is 4.84. The minimum absolute atomic E-state index is 0.155. The number of alkyl halides is 1. The van der Waals surface area contributed by atoms with Crippen LogP contribution in [0.3, 0.4) is 0 Å². The quantitative estimate of drug-likeness (QED) is 0.124. The lowest BCUT2D eigenvalue weighted by Gasteiger charge is -2.20. The van der Waals surface area contributed by atoms with Gasteiger partial charge in [0.15, 0.2) is 23.0 Å². The van der Waals surface area contributed by atoms with Crippen LogP contribution in [0, 0.1) is 0 Å². The number of esters is 1. The number of hydrogen-bond acceptors (Lipinski definition) is 8. The number of fused-ring (bicyclic) bond motifs is 1. The third-order valence-electron chi connectivity index (χ3n) is 6.70. The zero-order chi connectivity index (χ0) is 29.5. The van der Waals surface area contributed by atoms with E-state index in [0.717, 1.165) is 33.8 Å². The van der Waals surface area contributed by atoms with Gasteiger partial charge in [0.1, 0.15) is 29.5 Å². The first-order valence-electron chi connectivity index (χ1n) is 13.3. The summed E-state index contributed by atoms with van der Waals surface area (Å²) in [5.41, 5.74) is 3.64. The Kier molecular flexibility index (Phi) is 9.38. The summed E-state index contributed by atoms with van der Waals surface area (Å²) in [4.78, 5) is 11.4. The Bertz CT molecular complexity index is 1500. The van der Waals surface area contributed by atoms with Crippen molar-refractivity contribution in [2.45, 2.75) is 30.8 Å². The molecule has 1 heterocycles. The summed E-state index contributed by atoms with van der Waals surface area (Å²) in [7, 11) is 4.64. The Morgan fingerprint density at radius 2 is 1.29 bits per heavy atom. The van der Waals surface area contributed by atoms with Gasteiger partial charge in [0.05, 0.1) is 27.8 Å². The Morgan fingerprint density at radius 1 is 0.714 bits per heavy atom. The fraction of sp³-hybridized carbons (Fsp3) is 0.242. The minimum atomic E-state index is -0.631. The highest BCUT2D eigenvalue weighted by Gasteiger charge is 2.32. The highest BCUT2D eigenvalue weighted by molar-refractivity contribution is 9.09. The van der Waals surface area contributed by atoms with Crippen LogP contribution in [0.4, 0.5) is 0 Å². The SMILES string of the molecule is COC(=O)Cc1ccc2c(c1)OC(C(Br)c1ccc(OCc3ccc(OC)cc3)c(OCc3ccc(OC)cc3)c1)O2. The Hall–Kier alpha value is -4.37. The molecule has 0 spiro atoms. The highest BCUT2D eigenvalue weighted by Crippen LogP contribution is 2.43. The summed E-state index contributed by atoms with van der Waals surface area (Å²) < 4.78 is 39.9. The second-order valence-corrected chi connectivity index (χ2v) is 10.5. The van der Waals surface area contributed by atoms with Crippen LogP contribution in [0.2, 0.25) is 0 Å². The molecule has 0 amide bonds. The first kappa shape index (κ1) is 29.1. The first-order chi connectivity index (χ1) is 20.4. The highest BCUT2D eigenvalue weighted by atomic mass is 79.9. The molecule has 1 aliphatic rings. The van der Waals surface area contributed by atoms with Gasteiger partial charge in [0, 0.05) is 0 Å². The molecular weight excluding hydrogens is 604 g/mol. The normalized spacial score (nSPS) is 14.1. The molecule has 5 rings (SSSR count). The van der Waals surface area contributed by atoms with Crippen LogP contribution in [0.1, 0.15) is 27.1 Å². The van der Waals surface area contributed by atoms with E-state index >= 15 is 0 Å². The number of carbonyl (C=O) groups excluding carboxylic acids is 1. The van der Waals surface area contributed by atoms with Crippen LogP contribution in [-0.4, -0.2) is 33.6 Å². The molecule has 9 heteroatoms. The average Bonchev–Trinajstić information content (AvgIpc) is 3.46. The Labute approximate surface area is 253 Å². The van der Waals surface area contributed by atoms with Crippen molar-refractivity contribution in [3.8, 4) is 34.5 Å². The first-order valence-corrected chi connectivity index (χ1v) is 14.2. The zero-order valence-electron chi connectivity index (χ0n) is 23.5. The molecule has 0 saturated heterocycles. The number of methoxy groups -OCH3 is 3. The van der Waals surface area contributed by atoms with E-state index in [9.17, 15) is 4.79 Å². The van der Waals surface area contributed by atoms with E-state index in [0.29, 0.717) is 36.2 Å². The monoisotopic (exact) mass is 634 g/mol. The number of ether oxygens (including phenoxy) is 7. The fourth-order valence-electron chi connectivity index (χ4n) is 4.34. The van der Waals surface area contributed by atoms with Crippen molar-refractivity contribution in [1.82, 2.24) is 0 Å². The van der Waals surface area contributed by atoms with Gasteiger partial charge in [0.25, 0.3) is 6.29 Å². The van der Waals surface area contributed by atoms with Crippen molar-refractivity contribution >= 4 is 21.9 Å². The zero-order valence-corrected chi connectivity index (χ0v) is 25.1. The molecule has 4 aromatic carbocycles.